The zero-order valence-electron chi connectivity index (χ0n) is 14.5. The Labute approximate surface area is 169 Å². The molecule has 5 heteroatoms. The molecule has 0 unspecified atom stereocenters. The molecular weight excluding hydrogens is 387 g/mol. The summed E-state index contributed by atoms with van der Waals surface area (Å²) in [4.78, 5) is 4.99. The number of nitrogens with one attached hydrogen (secondary N) is 1. The normalized spacial score (nSPS) is 20.0. The Morgan fingerprint density at radius 2 is 1.73 bits per heavy atom. The number of fused-ring (bicyclic) bond motifs is 1. The third-order valence-corrected chi connectivity index (χ3v) is 6.49. The number of halogens is 3. The zero-order valence-corrected chi connectivity index (χ0v) is 16.8. The van der Waals surface area contributed by atoms with E-state index in [9.17, 15) is 0 Å². The van der Waals surface area contributed by atoms with E-state index >= 15 is 0 Å². The van der Waals surface area contributed by atoms with Crippen LogP contribution in [0.4, 0.5) is 5.69 Å². The molecule has 1 N–H and O–H groups in total. The number of anilines is 1. The first-order valence-electron chi connectivity index (χ1n) is 9.11. The van der Waals surface area contributed by atoms with Crippen LogP contribution in [0.25, 0.3) is 0 Å². The van der Waals surface area contributed by atoms with Gasteiger partial charge in [-0.2, -0.15) is 0 Å². The van der Waals surface area contributed by atoms with Crippen LogP contribution in [-0.2, 0) is 13.0 Å². The predicted molar refractivity (Wildman–Crippen MR) is 112 cm³/mol. The van der Waals surface area contributed by atoms with Crippen molar-refractivity contribution in [3.8, 4) is 0 Å². The van der Waals surface area contributed by atoms with E-state index < -0.39 is 0 Å². The van der Waals surface area contributed by atoms with E-state index in [1.165, 1.54) is 19.3 Å². The van der Waals surface area contributed by atoms with Gasteiger partial charge in [-0.3, -0.25) is 4.99 Å². The number of amidine groups is 1. The molecule has 2 aliphatic rings. The Kier molecular flexibility index (Phi) is 5.18. The zero-order chi connectivity index (χ0) is 18.1. The van der Waals surface area contributed by atoms with Crippen molar-refractivity contribution in [2.45, 2.75) is 45.1 Å². The SMILES string of the molecule is Clc1cccc(CN=C2Nc3c(Cl)ccc(Cl)c3CC23CCCCC3)c1. The monoisotopic (exact) mass is 406 g/mol. The van der Waals surface area contributed by atoms with Gasteiger partial charge in [-0.1, -0.05) is 66.2 Å². The quantitative estimate of drug-likeness (QED) is 0.561. The van der Waals surface area contributed by atoms with Gasteiger partial charge in [0, 0.05) is 15.5 Å². The fourth-order valence-corrected chi connectivity index (χ4v) is 4.89. The van der Waals surface area contributed by atoms with Crippen molar-refractivity contribution in [3.63, 3.8) is 0 Å². The van der Waals surface area contributed by atoms with Crippen molar-refractivity contribution in [1.29, 1.82) is 0 Å². The van der Waals surface area contributed by atoms with Gasteiger partial charge in [0.1, 0.15) is 5.84 Å². The first kappa shape index (κ1) is 18.2. The van der Waals surface area contributed by atoms with Gasteiger partial charge in [0.05, 0.1) is 17.3 Å². The Hall–Kier alpha value is -1.22. The molecule has 26 heavy (non-hydrogen) atoms. The molecule has 1 spiro atoms. The van der Waals surface area contributed by atoms with Gasteiger partial charge in [-0.25, -0.2) is 0 Å². The van der Waals surface area contributed by atoms with E-state index in [4.69, 9.17) is 39.8 Å². The van der Waals surface area contributed by atoms with Crippen molar-refractivity contribution >= 4 is 46.3 Å². The van der Waals surface area contributed by atoms with Crippen LogP contribution >= 0.6 is 34.8 Å². The van der Waals surface area contributed by atoms with E-state index in [0.717, 1.165) is 52.0 Å². The lowest BCUT2D eigenvalue weighted by Gasteiger charge is -2.43. The minimum Gasteiger partial charge on any atom is -0.342 e. The highest BCUT2D eigenvalue weighted by molar-refractivity contribution is 6.37. The van der Waals surface area contributed by atoms with Crippen LogP contribution < -0.4 is 5.32 Å². The molecule has 1 fully saturated rings. The summed E-state index contributed by atoms with van der Waals surface area (Å²) in [6.45, 7) is 0.609. The van der Waals surface area contributed by atoms with E-state index in [1.54, 1.807) is 0 Å². The maximum absolute atomic E-state index is 6.50. The minimum atomic E-state index is 0.0398. The fourth-order valence-electron chi connectivity index (χ4n) is 4.23. The summed E-state index contributed by atoms with van der Waals surface area (Å²) in [5.41, 5.74) is 3.20. The lowest BCUT2D eigenvalue weighted by molar-refractivity contribution is 0.278. The van der Waals surface area contributed by atoms with Crippen molar-refractivity contribution in [3.05, 3.63) is 62.6 Å². The number of hydrogen-bond donors (Lipinski definition) is 1. The first-order chi connectivity index (χ1) is 12.6. The number of nitrogens with zero attached hydrogens (tertiary/aromatic N) is 1. The molecular formula is C21H21Cl3N2. The van der Waals surface area contributed by atoms with Gasteiger partial charge >= 0.3 is 0 Å². The lowest BCUT2D eigenvalue weighted by Crippen LogP contribution is -2.43. The molecule has 0 atom stereocenters. The maximum Gasteiger partial charge on any atom is 0.108 e. The second kappa shape index (κ2) is 7.42. The number of aliphatic imine (C=N–C) groups is 1. The van der Waals surface area contributed by atoms with E-state index in [0.29, 0.717) is 11.6 Å². The van der Waals surface area contributed by atoms with E-state index in [2.05, 4.69) is 11.4 Å². The summed E-state index contributed by atoms with van der Waals surface area (Å²) in [5.74, 6) is 1.05. The molecule has 0 saturated heterocycles. The van der Waals surface area contributed by atoms with Crippen LogP contribution in [0.15, 0.2) is 41.4 Å². The molecule has 4 rings (SSSR count). The minimum absolute atomic E-state index is 0.0398. The molecule has 1 aliphatic heterocycles. The third kappa shape index (κ3) is 3.47. The van der Waals surface area contributed by atoms with Gasteiger partial charge in [0.15, 0.2) is 0 Å². The highest BCUT2D eigenvalue weighted by Crippen LogP contribution is 2.48. The topological polar surface area (TPSA) is 24.4 Å². The molecule has 2 aromatic carbocycles. The summed E-state index contributed by atoms with van der Waals surface area (Å²) in [7, 11) is 0. The smallest absolute Gasteiger partial charge is 0.108 e. The van der Waals surface area contributed by atoms with Gasteiger partial charge in [0.25, 0.3) is 0 Å². The number of benzene rings is 2. The molecule has 2 nitrogen and oxygen atoms in total. The summed E-state index contributed by atoms with van der Waals surface area (Å²) < 4.78 is 0. The Morgan fingerprint density at radius 3 is 2.50 bits per heavy atom. The van der Waals surface area contributed by atoms with Gasteiger partial charge < -0.3 is 5.32 Å². The molecule has 2 aromatic rings. The highest BCUT2D eigenvalue weighted by atomic mass is 35.5. The highest BCUT2D eigenvalue weighted by Gasteiger charge is 2.42. The van der Waals surface area contributed by atoms with Crippen LogP contribution in [0.2, 0.25) is 15.1 Å². The molecule has 1 saturated carbocycles. The van der Waals surface area contributed by atoms with Crippen LogP contribution in [-0.4, -0.2) is 5.84 Å². The molecule has 1 heterocycles. The Balaban J connectivity index is 1.72. The fraction of sp³-hybridized carbons (Fsp3) is 0.381. The second-order valence-electron chi connectivity index (χ2n) is 7.32. The molecule has 1 aliphatic carbocycles. The largest absolute Gasteiger partial charge is 0.342 e. The molecule has 136 valence electrons. The first-order valence-corrected chi connectivity index (χ1v) is 10.2. The van der Waals surface area contributed by atoms with Crippen molar-refractivity contribution in [2.75, 3.05) is 5.32 Å². The van der Waals surface area contributed by atoms with Crippen molar-refractivity contribution in [1.82, 2.24) is 0 Å². The molecule has 0 bridgehead atoms. The molecule has 0 aromatic heterocycles. The van der Waals surface area contributed by atoms with Crippen LogP contribution in [0.5, 0.6) is 0 Å². The van der Waals surface area contributed by atoms with E-state index in [1.807, 2.05) is 30.3 Å². The average molecular weight is 408 g/mol. The number of hydrogen-bond acceptors (Lipinski definition) is 1. The summed E-state index contributed by atoms with van der Waals surface area (Å²) >= 11 is 19.1. The molecule has 0 amide bonds. The van der Waals surface area contributed by atoms with Gasteiger partial charge in [-0.15, -0.1) is 0 Å². The lowest BCUT2D eigenvalue weighted by atomic mass is 9.67. The second-order valence-corrected chi connectivity index (χ2v) is 8.57. The average Bonchev–Trinajstić information content (AvgIpc) is 2.64. The van der Waals surface area contributed by atoms with Crippen LogP contribution in [0.3, 0.4) is 0 Å². The van der Waals surface area contributed by atoms with Gasteiger partial charge in [-0.05, 0) is 54.7 Å². The summed E-state index contributed by atoms with van der Waals surface area (Å²) in [5, 5.41) is 5.78. The summed E-state index contributed by atoms with van der Waals surface area (Å²) in [6.07, 6.45) is 6.92. The number of rotatable bonds is 2. The standard InChI is InChI=1S/C21H21Cl3N2/c22-15-6-4-5-14(11-15)13-25-20-21(9-2-1-3-10-21)12-16-17(23)7-8-18(24)19(16)26-20/h4-8,11H,1-3,9-10,12-13H2,(H,25,26). The predicted octanol–water partition coefficient (Wildman–Crippen LogP) is 7.16. The van der Waals surface area contributed by atoms with Gasteiger partial charge in [0.2, 0.25) is 0 Å². The Bertz CT molecular complexity index is 854. The molecule has 0 radical (unpaired) electrons. The van der Waals surface area contributed by atoms with Crippen molar-refractivity contribution in [2.24, 2.45) is 10.4 Å². The summed E-state index contributed by atoms with van der Waals surface area (Å²) in [6, 6.07) is 11.6. The van der Waals surface area contributed by atoms with Crippen molar-refractivity contribution < 1.29 is 0 Å². The third-order valence-electron chi connectivity index (χ3n) is 5.59. The van der Waals surface area contributed by atoms with Crippen LogP contribution in [0, 0.1) is 5.41 Å². The maximum atomic E-state index is 6.50. The Morgan fingerprint density at radius 1 is 0.962 bits per heavy atom. The van der Waals surface area contributed by atoms with Crippen LogP contribution in [0.1, 0.15) is 43.2 Å². The van der Waals surface area contributed by atoms with E-state index in [-0.39, 0.29) is 5.41 Å².